The number of hydrogen-bond donors (Lipinski definition) is 1. The van der Waals surface area contributed by atoms with Crippen molar-refractivity contribution >= 4 is 16.0 Å². The quantitative estimate of drug-likeness (QED) is 0.750. The van der Waals surface area contributed by atoms with Crippen molar-refractivity contribution in [3.8, 4) is 0 Å². The first kappa shape index (κ1) is 16.4. The molecule has 1 saturated heterocycles. The highest BCUT2D eigenvalue weighted by Gasteiger charge is 2.36. The van der Waals surface area contributed by atoms with E-state index < -0.39 is 21.9 Å². The minimum atomic E-state index is -3.44. The standard InChI is InChI=1S/C12H23NO5S/c1-9(2)6-11(18-3)8-19(16,17)13-5-4-10(7-13)12(14)15/h9-11H,4-8H2,1-3H3,(H,14,15). The third-order valence-corrected chi connectivity index (χ3v) is 5.27. The lowest BCUT2D eigenvalue weighted by atomic mass is 10.1. The van der Waals surface area contributed by atoms with Crippen LogP contribution in [0.2, 0.25) is 0 Å². The van der Waals surface area contributed by atoms with Gasteiger partial charge in [-0.05, 0) is 18.8 Å². The van der Waals surface area contributed by atoms with Gasteiger partial charge in [-0.15, -0.1) is 0 Å². The van der Waals surface area contributed by atoms with Gasteiger partial charge >= 0.3 is 5.97 Å². The third-order valence-electron chi connectivity index (χ3n) is 3.36. The number of methoxy groups -OCH3 is 1. The van der Waals surface area contributed by atoms with Crippen LogP contribution in [0.15, 0.2) is 0 Å². The maximum atomic E-state index is 12.2. The summed E-state index contributed by atoms with van der Waals surface area (Å²) in [6.07, 6.45) is 0.719. The molecule has 1 fully saturated rings. The first-order chi connectivity index (χ1) is 8.76. The Bertz CT molecular complexity index is 406. The zero-order valence-corrected chi connectivity index (χ0v) is 12.5. The lowest BCUT2D eigenvalue weighted by molar-refractivity contribution is -0.141. The first-order valence-corrected chi connectivity index (χ1v) is 8.10. The summed E-state index contributed by atoms with van der Waals surface area (Å²) in [5.41, 5.74) is 0. The van der Waals surface area contributed by atoms with E-state index in [0.717, 1.165) is 0 Å². The molecule has 1 aliphatic heterocycles. The molecule has 0 radical (unpaired) electrons. The Balaban J connectivity index is 2.63. The Morgan fingerprint density at radius 1 is 1.47 bits per heavy atom. The van der Waals surface area contributed by atoms with Gasteiger partial charge in [0, 0.05) is 20.2 Å². The fourth-order valence-electron chi connectivity index (χ4n) is 2.28. The van der Waals surface area contributed by atoms with E-state index in [1.165, 1.54) is 11.4 Å². The molecule has 19 heavy (non-hydrogen) atoms. The Labute approximate surface area is 114 Å². The fourth-order valence-corrected chi connectivity index (χ4v) is 4.02. The molecule has 1 rings (SSSR count). The Hall–Kier alpha value is -0.660. The number of carbonyl (C=O) groups is 1. The highest BCUT2D eigenvalue weighted by molar-refractivity contribution is 7.89. The van der Waals surface area contributed by atoms with Crippen molar-refractivity contribution in [2.75, 3.05) is 26.0 Å². The lowest BCUT2D eigenvalue weighted by Crippen LogP contribution is -2.37. The van der Waals surface area contributed by atoms with Gasteiger partial charge in [-0.25, -0.2) is 12.7 Å². The van der Waals surface area contributed by atoms with E-state index >= 15 is 0 Å². The van der Waals surface area contributed by atoms with Crippen molar-refractivity contribution < 1.29 is 23.1 Å². The second-order valence-electron chi connectivity index (χ2n) is 5.45. The minimum Gasteiger partial charge on any atom is -0.481 e. The predicted octanol–water partition coefficient (Wildman–Crippen LogP) is 0.784. The molecule has 0 aromatic heterocycles. The van der Waals surface area contributed by atoms with Crippen LogP contribution in [0, 0.1) is 11.8 Å². The van der Waals surface area contributed by atoms with Crippen LogP contribution < -0.4 is 0 Å². The summed E-state index contributed by atoms with van der Waals surface area (Å²) in [5.74, 6) is -1.23. The van der Waals surface area contributed by atoms with Gasteiger partial charge in [0.1, 0.15) is 0 Å². The van der Waals surface area contributed by atoms with Crippen LogP contribution in [0.5, 0.6) is 0 Å². The summed E-state index contributed by atoms with van der Waals surface area (Å²) in [5, 5.41) is 8.90. The fraction of sp³-hybridized carbons (Fsp3) is 0.917. The van der Waals surface area contributed by atoms with Crippen LogP contribution in [-0.4, -0.2) is 55.9 Å². The van der Waals surface area contributed by atoms with Gasteiger partial charge in [-0.2, -0.15) is 0 Å². The van der Waals surface area contributed by atoms with E-state index in [1.807, 2.05) is 13.8 Å². The van der Waals surface area contributed by atoms with Crippen LogP contribution in [0.25, 0.3) is 0 Å². The van der Waals surface area contributed by atoms with Gasteiger partial charge < -0.3 is 9.84 Å². The smallest absolute Gasteiger partial charge is 0.307 e. The number of carboxylic acids is 1. The topological polar surface area (TPSA) is 83.9 Å². The van der Waals surface area contributed by atoms with Crippen molar-refractivity contribution in [1.29, 1.82) is 0 Å². The van der Waals surface area contributed by atoms with Crippen molar-refractivity contribution in [3.05, 3.63) is 0 Å². The second kappa shape index (κ2) is 6.67. The van der Waals surface area contributed by atoms with E-state index in [1.54, 1.807) is 0 Å². The minimum absolute atomic E-state index is 0.0754. The Kier molecular flexibility index (Phi) is 5.76. The largest absolute Gasteiger partial charge is 0.481 e. The highest BCUT2D eigenvalue weighted by atomic mass is 32.2. The van der Waals surface area contributed by atoms with Crippen molar-refractivity contribution in [2.24, 2.45) is 11.8 Å². The summed E-state index contributed by atoms with van der Waals surface area (Å²) in [4.78, 5) is 10.9. The number of aliphatic carboxylic acids is 1. The molecule has 0 bridgehead atoms. The molecule has 1 N–H and O–H groups in total. The van der Waals surface area contributed by atoms with E-state index in [4.69, 9.17) is 9.84 Å². The van der Waals surface area contributed by atoms with Crippen molar-refractivity contribution in [1.82, 2.24) is 4.31 Å². The van der Waals surface area contributed by atoms with Gasteiger partial charge in [0.05, 0.1) is 17.8 Å². The molecule has 0 saturated carbocycles. The lowest BCUT2D eigenvalue weighted by Gasteiger charge is -2.21. The molecule has 2 atom stereocenters. The number of hydrogen-bond acceptors (Lipinski definition) is 4. The van der Waals surface area contributed by atoms with E-state index in [0.29, 0.717) is 18.8 Å². The van der Waals surface area contributed by atoms with Gasteiger partial charge in [0.2, 0.25) is 10.0 Å². The monoisotopic (exact) mass is 293 g/mol. The summed E-state index contributed by atoms with van der Waals surface area (Å²) in [7, 11) is -1.93. The average molecular weight is 293 g/mol. The molecule has 2 unspecified atom stereocenters. The van der Waals surface area contributed by atoms with E-state index in [2.05, 4.69) is 0 Å². The molecule has 0 aliphatic carbocycles. The van der Waals surface area contributed by atoms with E-state index in [-0.39, 0.29) is 24.9 Å². The van der Waals surface area contributed by atoms with Crippen LogP contribution in [0.3, 0.4) is 0 Å². The molecule has 112 valence electrons. The van der Waals surface area contributed by atoms with Crippen molar-refractivity contribution in [3.63, 3.8) is 0 Å². The SMILES string of the molecule is COC(CC(C)C)CS(=O)(=O)N1CCC(C(=O)O)C1. The van der Waals surface area contributed by atoms with Crippen LogP contribution >= 0.6 is 0 Å². The number of carboxylic acid groups (broad SMARTS) is 1. The molecule has 1 aliphatic rings. The van der Waals surface area contributed by atoms with Crippen LogP contribution in [-0.2, 0) is 19.6 Å². The maximum absolute atomic E-state index is 12.2. The normalized spacial score (nSPS) is 22.8. The summed E-state index contributed by atoms with van der Waals surface area (Å²) in [6.45, 7) is 4.39. The van der Waals surface area contributed by atoms with E-state index in [9.17, 15) is 13.2 Å². The van der Waals surface area contributed by atoms with Gasteiger partial charge in [0.25, 0.3) is 0 Å². The number of sulfonamides is 1. The van der Waals surface area contributed by atoms with Crippen molar-refractivity contribution in [2.45, 2.75) is 32.8 Å². The molecule has 0 amide bonds. The van der Waals surface area contributed by atoms with Crippen LogP contribution in [0.4, 0.5) is 0 Å². The second-order valence-corrected chi connectivity index (χ2v) is 7.46. The Morgan fingerprint density at radius 2 is 2.11 bits per heavy atom. The van der Waals surface area contributed by atoms with Crippen LogP contribution in [0.1, 0.15) is 26.7 Å². The predicted molar refractivity (Wildman–Crippen MR) is 71.4 cm³/mol. The highest BCUT2D eigenvalue weighted by Crippen LogP contribution is 2.21. The number of nitrogens with zero attached hydrogens (tertiary/aromatic N) is 1. The number of ether oxygens (including phenoxy) is 1. The number of rotatable bonds is 7. The molecule has 0 spiro atoms. The van der Waals surface area contributed by atoms with Gasteiger partial charge in [-0.3, -0.25) is 4.79 Å². The Morgan fingerprint density at radius 3 is 2.53 bits per heavy atom. The molecule has 0 aromatic rings. The maximum Gasteiger partial charge on any atom is 0.307 e. The molecule has 0 aromatic carbocycles. The molecule has 1 heterocycles. The third kappa shape index (κ3) is 4.74. The summed E-state index contributed by atoms with van der Waals surface area (Å²) in [6, 6.07) is 0. The van der Waals surface area contributed by atoms with Gasteiger partial charge in [0.15, 0.2) is 0 Å². The zero-order chi connectivity index (χ0) is 14.6. The van der Waals surface area contributed by atoms with Gasteiger partial charge in [-0.1, -0.05) is 13.8 Å². The molecular weight excluding hydrogens is 270 g/mol. The molecular formula is C12H23NO5S. The first-order valence-electron chi connectivity index (χ1n) is 6.49. The summed E-state index contributed by atoms with van der Waals surface area (Å²) >= 11 is 0. The zero-order valence-electron chi connectivity index (χ0n) is 11.7. The summed E-state index contributed by atoms with van der Waals surface area (Å²) < 4.78 is 30.9. The molecule has 6 nitrogen and oxygen atoms in total. The average Bonchev–Trinajstić information content (AvgIpc) is 2.77. The molecule has 7 heteroatoms.